The molecule has 0 heterocycles. The van der Waals surface area contributed by atoms with Gasteiger partial charge in [0, 0.05) is 6.54 Å². The van der Waals surface area contributed by atoms with Gasteiger partial charge in [0.05, 0.1) is 0 Å². The minimum atomic E-state index is 0.595. The second-order valence-corrected chi connectivity index (χ2v) is 5.66. The van der Waals surface area contributed by atoms with E-state index in [2.05, 4.69) is 79.5 Å². The van der Waals surface area contributed by atoms with Crippen LogP contribution in [0.5, 0.6) is 0 Å². The van der Waals surface area contributed by atoms with Crippen LogP contribution in [0.1, 0.15) is 30.4 Å². The van der Waals surface area contributed by atoms with Gasteiger partial charge in [-0.3, -0.25) is 0 Å². The van der Waals surface area contributed by atoms with Crippen molar-refractivity contribution in [3.8, 4) is 0 Å². The summed E-state index contributed by atoms with van der Waals surface area (Å²) in [6, 6.07) is 21.5. The number of rotatable bonds is 7. The number of likely N-dealkylation sites (N-methyl/N-ethyl adjacent to an activating group) is 1. The Morgan fingerprint density at radius 1 is 0.900 bits per heavy atom. The Bertz CT molecular complexity index is 478. The molecule has 0 aliphatic rings. The third-order valence-electron chi connectivity index (χ3n) is 3.80. The summed E-state index contributed by atoms with van der Waals surface area (Å²) in [6.07, 6.45) is 2.40. The Hall–Kier alpha value is -1.60. The van der Waals surface area contributed by atoms with Crippen LogP contribution in [0.3, 0.4) is 0 Å². The lowest BCUT2D eigenvalue weighted by Gasteiger charge is -2.21. The van der Waals surface area contributed by atoms with Crippen LogP contribution in [0.15, 0.2) is 60.7 Å². The molecule has 0 spiro atoms. The van der Waals surface area contributed by atoms with Crippen LogP contribution in [0, 0.1) is 0 Å². The molecule has 0 radical (unpaired) electrons. The zero-order chi connectivity index (χ0) is 14.2. The van der Waals surface area contributed by atoms with E-state index in [9.17, 15) is 0 Å². The first-order chi connectivity index (χ1) is 9.75. The molecule has 0 aromatic heterocycles. The predicted molar refractivity (Wildman–Crippen MR) is 87.1 cm³/mol. The van der Waals surface area contributed by atoms with E-state index in [0.717, 1.165) is 13.1 Å². The Balaban J connectivity index is 1.71. The SMILES string of the molecule is CC(CN(C)CCCc1ccccc1)c1ccccc1. The average Bonchev–Trinajstić information content (AvgIpc) is 2.49. The first-order valence-electron chi connectivity index (χ1n) is 7.53. The summed E-state index contributed by atoms with van der Waals surface area (Å²) in [6.45, 7) is 4.59. The van der Waals surface area contributed by atoms with Gasteiger partial charge in [-0.1, -0.05) is 67.6 Å². The fourth-order valence-electron chi connectivity index (χ4n) is 2.64. The van der Waals surface area contributed by atoms with Crippen molar-refractivity contribution < 1.29 is 0 Å². The lowest BCUT2D eigenvalue weighted by Crippen LogP contribution is -2.25. The number of nitrogens with zero attached hydrogens (tertiary/aromatic N) is 1. The molecule has 20 heavy (non-hydrogen) atoms. The highest BCUT2D eigenvalue weighted by Crippen LogP contribution is 2.15. The Labute approximate surface area is 123 Å². The highest BCUT2D eigenvalue weighted by Gasteiger charge is 2.08. The van der Waals surface area contributed by atoms with Crippen LogP contribution in [0.4, 0.5) is 0 Å². The largest absolute Gasteiger partial charge is 0.306 e. The van der Waals surface area contributed by atoms with E-state index < -0.39 is 0 Å². The normalized spacial score (nSPS) is 12.6. The summed E-state index contributed by atoms with van der Waals surface area (Å²) in [5.74, 6) is 0.595. The second kappa shape index (κ2) is 7.86. The van der Waals surface area contributed by atoms with Crippen molar-refractivity contribution in [1.82, 2.24) is 4.90 Å². The molecule has 1 nitrogen and oxygen atoms in total. The molecule has 1 heteroatoms. The van der Waals surface area contributed by atoms with Gasteiger partial charge in [0.15, 0.2) is 0 Å². The minimum absolute atomic E-state index is 0.595. The van der Waals surface area contributed by atoms with Gasteiger partial charge in [-0.15, -0.1) is 0 Å². The molecule has 2 rings (SSSR count). The lowest BCUT2D eigenvalue weighted by atomic mass is 10.0. The van der Waals surface area contributed by atoms with E-state index in [1.54, 1.807) is 0 Å². The smallest absolute Gasteiger partial charge is 0.00446 e. The maximum atomic E-state index is 2.45. The van der Waals surface area contributed by atoms with Crippen molar-refractivity contribution in [2.24, 2.45) is 0 Å². The Morgan fingerprint density at radius 3 is 2.15 bits per heavy atom. The monoisotopic (exact) mass is 267 g/mol. The highest BCUT2D eigenvalue weighted by molar-refractivity contribution is 5.19. The molecule has 0 saturated heterocycles. The molecule has 0 aliphatic carbocycles. The summed E-state index contributed by atoms with van der Waals surface area (Å²) in [7, 11) is 2.23. The molecular weight excluding hydrogens is 242 g/mol. The molecule has 0 aliphatic heterocycles. The van der Waals surface area contributed by atoms with Crippen LogP contribution < -0.4 is 0 Å². The molecule has 1 atom stereocenters. The molecule has 0 amide bonds. The van der Waals surface area contributed by atoms with Crippen LogP contribution in [-0.2, 0) is 6.42 Å². The quantitative estimate of drug-likeness (QED) is 0.720. The Kier molecular flexibility index (Phi) is 5.82. The summed E-state index contributed by atoms with van der Waals surface area (Å²) >= 11 is 0. The number of benzene rings is 2. The maximum Gasteiger partial charge on any atom is 0.00446 e. The lowest BCUT2D eigenvalue weighted by molar-refractivity contribution is 0.313. The second-order valence-electron chi connectivity index (χ2n) is 5.66. The van der Waals surface area contributed by atoms with Crippen LogP contribution >= 0.6 is 0 Å². The zero-order valence-corrected chi connectivity index (χ0v) is 12.6. The van der Waals surface area contributed by atoms with Crippen LogP contribution in [0.2, 0.25) is 0 Å². The van der Waals surface area contributed by atoms with Gasteiger partial charge in [0.25, 0.3) is 0 Å². The van der Waals surface area contributed by atoms with Crippen LogP contribution in [0.25, 0.3) is 0 Å². The summed E-state index contributed by atoms with van der Waals surface area (Å²) in [5, 5.41) is 0. The van der Waals surface area contributed by atoms with E-state index >= 15 is 0 Å². The molecule has 2 aromatic rings. The van der Waals surface area contributed by atoms with Gasteiger partial charge in [0.2, 0.25) is 0 Å². The number of hydrogen-bond acceptors (Lipinski definition) is 1. The first kappa shape index (κ1) is 14.8. The van der Waals surface area contributed by atoms with Crippen molar-refractivity contribution in [3.05, 3.63) is 71.8 Å². The molecule has 0 bridgehead atoms. The summed E-state index contributed by atoms with van der Waals surface area (Å²) in [4.78, 5) is 2.45. The average molecular weight is 267 g/mol. The third kappa shape index (κ3) is 4.82. The van der Waals surface area contributed by atoms with E-state index in [1.165, 1.54) is 24.0 Å². The van der Waals surface area contributed by atoms with Crippen molar-refractivity contribution in [2.75, 3.05) is 20.1 Å². The molecule has 1 unspecified atom stereocenters. The zero-order valence-electron chi connectivity index (χ0n) is 12.6. The molecule has 0 fully saturated rings. The molecular formula is C19H25N. The topological polar surface area (TPSA) is 3.24 Å². The van der Waals surface area contributed by atoms with Crippen molar-refractivity contribution >= 4 is 0 Å². The van der Waals surface area contributed by atoms with Crippen molar-refractivity contribution in [3.63, 3.8) is 0 Å². The molecule has 2 aromatic carbocycles. The summed E-state index contributed by atoms with van der Waals surface area (Å²) in [5.41, 5.74) is 2.87. The minimum Gasteiger partial charge on any atom is -0.306 e. The van der Waals surface area contributed by atoms with E-state index in [4.69, 9.17) is 0 Å². The van der Waals surface area contributed by atoms with Gasteiger partial charge in [-0.05, 0) is 43.5 Å². The maximum absolute atomic E-state index is 2.45. The van der Waals surface area contributed by atoms with Gasteiger partial charge in [-0.25, -0.2) is 0 Å². The molecule has 106 valence electrons. The number of hydrogen-bond donors (Lipinski definition) is 0. The predicted octanol–water partition coefficient (Wildman–Crippen LogP) is 4.35. The van der Waals surface area contributed by atoms with Crippen LogP contribution in [-0.4, -0.2) is 25.0 Å². The number of aryl methyl sites for hydroxylation is 1. The van der Waals surface area contributed by atoms with E-state index in [-0.39, 0.29) is 0 Å². The van der Waals surface area contributed by atoms with E-state index in [0.29, 0.717) is 5.92 Å². The van der Waals surface area contributed by atoms with Gasteiger partial charge in [0.1, 0.15) is 0 Å². The van der Waals surface area contributed by atoms with Gasteiger partial charge >= 0.3 is 0 Å². The fraction of sp³-hybridized carbons (Fsp3) is 0.368. The van der Waals surface area contributed by atoms with E-state index in [1.807, 2.05) is 0 Å². The van der Waals surface area contributed by atoms with Gasteiger partial charge < -0.3 is 4.90 Å². The molecule has 0 N–H and O–H groups in total. The third-order valence-corrected chi connectivity index (χ3v) is 3.80. The fourth-order valence-corrected chi connectivity index (χ4v) is 2.64. The standard InChI is InChI=1S/C19H25N/c1-17(19-13-7-4-8-14-19)16-20(2)15-9-12-18-10-5-3-6-11-18/h3-8,10-11,13-14,17H,9,12,15-16H2,1-2H3. The summed E-state index contributed by atoms with van der Waals surface area (Å²) < 4.78 is 0. The highest BCUT2D eigenvalue weighted by atomic mass is 15.1. The Morgan fingerprint density at radius 2 is 1.50 bits per heavy atom. The van der Waals surface area contributed by atoms with Crippen molar-refractivity contribution in [1.29, 1.82) is 0 Å². The van der Waals surface area contributed by atoms with Crippen molar-refractivity contribution in [2.45, 2.75) is 25.7 Å². The molecule has 0 saturated carbocycles. The van der Waals surface area contributed by atoms with Gasteiger partial charge in [-0.2, -0.15) is 0 Å². The first-order valence-corrected chi connectivity index (χ1v) is 7.53.